The first-order chi connectivity index (χ1) is 7.99. The number of carbonyl (C=O) groups is 1. The maximum Gasteiger partial charge on any atom is 0.237 e. The number of hydrogen-bond donors (Lipinski definition) is 2. The van der Waals surface area contributed by atoms with Crippen molar-refractivity contribution in [2.24, 2.45) is 11.5 Å². The quantitative estimate of drug-likeness (QED) is 0.861. The lowest BCUT2D eigenvalue weighted by molar-refractivity contribution is -0.122. The van der Waals surface area contributed by atoms with E-state index in [0.29, 0.717) is 12.8 Å². The highest BCUT2D eigenvalue weighted by atomic mass is 32.2. The molecule has 1 aromatic carbocycles. The summed E-state index contributed by atoms with van der Waals surface area (Å²) in [7, 11) is 0. The van der Waals surface area contributed by atoms with E-state index in [0.717, 1.165) is 11.3 Å². The Morgan fingerprint density at radius 1 is 1.41 bits per heavy atom. The van der Waals surface area contributed by atoms with Gasteiger partial charge in [-0.15, -0.1) is 11.8 Å². The van der Waals surface area contributed by atoms with Crippen LogP contribution in [0.2, 0.25) is 0 Å². The summed E-state index contributed by atoms with van der Waals surface area (Å²) < 4.78 is 12.7. The van der Waals surface area contributed by atoms with Crippen LogP contribution in [-0.2, 0) is 4.79 Å². The summed E-state index contributed by atoms with van der Waals surface area (Å²) in [5.74, 6) is -0.675. The van der Waals surface area contributed by atoms with Crippen LogP contribution in [0, 0.1) is 5.82 Å². The van der Waals surface area contributed by atoms with Crippen molar-refractivity contribution in [2.75, 3.05) is 0 Å². The third-order valence-corrected chi connectivity index (χ3v) is 4.39. The lowest BCUT2D eigenvalue weighted by atomic mass is 9.99. The van der Waals surface area contributed by atoms with Gasteiger partial charge in [0.25, 0.3) is 0 Å². The first-order valence-corrected chi connectivity index (χ1v) is 6.38. The van der Waals surface area contributed by atoms with E-state index in [-0.39, 0.29) is 11.1 Å². The molecule has 0 radical (unpaired) electrons. The van der Waals surface area contributed by atoms with Crippen molar-refractivity contribution in [3.8, 4) is 0 Å². The Bertz CT molecular complexity index is 423. The normalized spacial score (nSPS) is 28.2. The lowest BCUT2D eigenvalue weighted by Crippen LogP contribution is -2.50. The highest BCUT2D eigenvalue weighted by Gasteiger charge is 2.40. The van der Waals surface area contributed by atoms with Crippen molar-refractivity contribution >= 4 is 17.7 Å². The number of rotatable bonds is 3. The van der Waals surface area contributed by atoms with Gasteiger partial charge < -0.3 is 11.5 Å². The summed E-state index contributed by atoms with van der Waals surface area (Å²) in [5.41, 5.74) is 10.3. The molecule has 0 heterocycles. The molecule has 2 atom stereocenters. The van der Waals surface area contributed by atoms with Gasteiger partial charge >= 0.3 is 0 Å². The summed E-state index contributed by atoms with van der Waals surface area (Å²) in [5, 5.41) is 0.276. The van der Waals surface area contributed by atoms with Gasteiger partial charge in [-0.05, 0) is 43.5 Å². The molecule has 0 saturated heterocycles. The molecule has 0 aromatic heterocycles. The van der Waals surface area contributed by atoms with Gasteiger partial charge in [-0.25, -0.2) is 4.39 Å². The predicted octanol–water partition coefficient (Wildman–Crippen LogP) is 1.65. The zero-order valence-electron chi connectivity index (χ0n) is 9.36. The number of hydrogen-bond acceptors (Lipinski definition) is 3. The minimum absolute atomic E-state index is 0.244. The SMILES string of the molecule is NC(=O)C1(N)CCC(Sc2ccc(F)cc2)C1. The van der Waals surface area contributed by atoms with Gasteiger partial charge in [0.05, 0.1) is 5.54 Å². The number of benzene rings is 1. The second kappa shape index (κ2) is 4.66. The van der Waals surface area contributed by atoms with Gasteiger partial charge in [-0.3, -0.25) is 4.79 Å². The third-order valence-electron chi connectivity index (χ3n) is 3.11. The number of thioether (sulfide) groups is 1. The van der Waals surface area contributed by atoms with E-state index in [1.807, 2.05) is 0 Å². The zero-order valence-corrected chi connectivity index (χ0v) is 10.2. The summed E-state index contributed by atoms with van der Waals surface area (Å²) in [4.78, 5) is 12.2. The Labute approximate surface area is 104 Å². The van der Waals surface area contributed by atoms with E-state index in [2.05, 4.69) is 0 Å². The number of amides is 1. The van der Waals surface area contributed by atoms with Crippen molar-refractivity contribution in [3.63, 3.8) is 0 Å². The van der Waals surface area contributed by atoms with Crippen LogP contribution in [0.1, 0.15) is 19.3 Å². The molecule has 0 bridgehead atoms. The van der Waals surface area contributed by atoms with Crippen LogP contribution >= 0.6 is 11.8 Å². The minimum Gasteiger partial charge on any atom is -0.368 e. The largest absolute Gasteiger partial charge is 0.368 e. The first kappa shape index (κ1) is 12.4. The van der Waals surface area contributed by atoms with Crippen LogP contribution < -0.4 is 11.5 Å². The van der Waals surface area contributed by atoms with E-state index in [1.165, 1.54) is 12.1 Å². The van der Waals surface area contributed by atoms with Gasteiger partial charge in [0, 0.05) is 10.1 Å². The Hall–Kier alpha value is -1.07. The van der Waals surface area contributed by atoms with E-state index >= 15 is 0 Å². The fraction of sp³-hybridized carbons (Fsp3) is 0.417. The molecule has 0 aliphatic heterocycles. The van der Waals surface area contributed by atoms with Crippen molar-refractivity contribution in [1.29, 1.82) is 0 Å². The molecule has 1 aliphatic carbocycles. The summed E-state index contributed by atoms with van der Waals surface area (Å²) >= 11 is 1.63. The van der Waals surface area contributed by atoms with E-state index in [9.17, 15) is 9.18 Å². The molecule has 0 spiro atoms. The van der Waals surface area contributed by atoms with Crippen LogP contribution in [0.4, 0.5) is 4.39 Å². The predicted molar refractivity (Wildman–Crippen MR) is 66.0 cm³/mol. The average molecular weight is 254 g/mol. The Kier molecular flexibility index (Phi) is 3.40. The average Bonchev–Trinajstić information content (AvgIpc) is 2.65. The maximum atomic E-state index is 12.7. The molecule has 4 N–H and O–H groups in total. The van der Waals surface area contributed by atoms with Crippen LogP contribution in [0.15, 0.2) is 29.2 Å². The topological polar surface area (TPSA) is 69.1 Å². The summed E-state index contributed by atoms with van der Waals surface area (Å²) in [6.07, 6.45) is 2.08. The van der Waals surface area contributed by atoms with E-state index in [1.54, 1.807) is 23.9 Å². The number of nitrogens with two attached hydrogens (primary N) is 2. The van der Waals surface area contributed by atoms with E-state index < -0.39 is 11.4 Å². The van der Waals surface area contributed by atoms with Crippen LogP contribution in [0.5, 0.6) is 0 Å². The molecule has 17 heavy (non-hydrogen) atoms. The molecule has 1 amide bonds. The van der Waals surface area contributed by atoms with Gasteiger partial charge in [0.15, 0.2) is 0 Å². The van der Waals surface area contributed by atoms with Crippen LogP contribution in [0.3, 0.4) is 0 Å². The molecule has 2 unspecified atom stereocenters. The summed E-state index contributed by atoms with van der Waals surface area (Å²) in [6, 6.07) is 6.34. The fourth-order valence-corrected chi connectivity index (χ4v) is 3.35. The molecule has 1 aromatic rings. The first-order valence-electron chi connectivity index (χ1n) is 5.51. The maximum absolute atomic E-state index is 12.7. The van der Waals surface area contributed by atoms with Crippen LogP contribution in [-0.4, -0.2) is 16.7 Å². The monoisotopic (exact) mass is 254 g/mol. The number of halogens is 1. The summed E-state index contributed by atoms with van der Waals surface area (Å²) in [6.45, 7) is 0. The molecular formula is C12H15FN2OS. The minimum atomic E-state index is -0.863. The van der Waals surface area contributed by atoms with Crippen molar-refractivity contribution in [1.82, 2.24) is 0 Å². The Balaban J connectivity index is 1.98. The fourth-order valence-electron chi connectivity index (χ4n) is 2.06. The lowest BCUT2D eigenvalue weighted by Gasteiger charge is -2.19. The van der Waals surface area contributed by atoms with Crippen LogP contribution in [0.25, 0.3) is 0 Å². The van der Waals surface area contributed by atoms with Gasteiger partial charge in [0.2, 0.25) is 5.91 Å². The molecule has 1 aliphatic rings. The molecule has 3 nitrogen and oxygen atoms in total. The number of primary amides is 1. The van der Waals surface area contributed by atoms with Gasteiger partial charge in [-0.2, -0.15) is 0 Å². The third kappa shape index (κ3) is 2.79. The van der Waals surface area contributed by atoms with E-state index in [4.69, 9.17) is 11.5 Å². The standard InChI is InChI=1S/C12H15FN2OS/c13-8-1-3-9(4-2-8)17-10-5-6-12(15,7-10)11(14)16/h1-4,10H,5-7,15H2,(H2,14,16). The van der Waals surface area contributed by atoms with Gasteiger partial charge in [0.1, 0.15) is 5.82 Å². The van der Waals surface area contributed by atoms with Crippen molar-refractivity contribution in [3.05, 3.63) is 30.1 Å². The Morgan fingerprint density at radius 2 is 2.06 bits per heavy atom. The molecule has 1 saturated carbocycles. The second-order valence-corrected chi connectivity index (χ2v) is 5.83. The smallest absolute Gasteiger partial charge is 0.237 e. The highest BCUT2D eigenvalue weighted by molar-refractivity contribution is 8.00. The molecule has 2 rings (SSSR count). The van der Waals surface area contributed by atoms with Crippen molar-refractivity contribution < 1.29 is 9.18 Å². The molecular weight excluding hydrogens is 239 g/mol. The second-order valence-electron chi connectivity index (χ2n) is 4.46. The van der Waals surface area contributed by atoms with Gasteiger partial charge in [-0.1, -0.05) is 0 Å². The number of carbonyl (C=O) groups excluding carboxylic acids is 1. The molecule has 1 fully saturated rings. The highest BCUT2D eigenvalue weighted by Crippen LogP contribution is 2.38. The van der Waals surface area contributed by atoms with Crippen molar-refractivity contribution in [2.45, 2.75) is 34.9 Å². The Morgan fingerprint density at radius 3 is 2.59 bits per heavy atom. The molecule has 5 heteroatoms. The zero-order chi connectivity index (χ0) is 12.5. The molecule has 92 valence electrons.